The Kier molecular flexibility index (Phi) is 2.53. The van der Waals surface area contributed by atoms with Crippen molar-refractivity contribution in [3.8, 4) is 0 Å². The molecule has 0 aromatic carbocycles. The molecule has 3 aliphatic rings. The van der Waals surface area contributed by atoms with Crippen molar-refractivity contribution in [1.82, 2.24) is 0 Å². The molecule has 0 aromatic heterocycles. The molecule has 3 nitrogen and oxygen atoms in total. The summed E-state index contributed by atoms with van der Waals surface area (Å²) in [7, 11) is 0. The molecule has 0 N–H and O–H groups in total. The van der Waals surface area contributed by atoms with Gasteiger partial charge in [-0.2, -0.15) is 0 Å². The number of hydrogen-bond acceptors (Lipinski definition) is 3. The highest BCUT2D eigenvalue weighted by molar-refractivity contribution is 6.02. The Balaban J connectivity index is 2.46. The van der Waals surface area contributed by atoms with E-state index >= 15 is 0 Å². The summed E-state index contributed by atoms with van der Waals surface area (Å²) in [4.78, 5) is 24.2. The highest BCUT2D eigenvalue weighted by Gasteiger charge is 2.53. The van der Waals surface area contributed by atoms with E-state index in [4.69, 9.17) is 4.74 Å². The van der Waals surface area contributed by atoms with Crippen LogP contribution in [0.15, 0.2) is 23.8 Å². The van der Waals surface area contributed by atoms with Crippen LogP contribution in [0.25, 0.3) is 0 Å². The number of Topliss-reactive ketones (excluding diaryl/α,β-unsaturated/α-hetero) is 1. The first-order valence-electron chi connectivity index (χ1n) is 5.97. The summed E-state index contributed by atoms with van der Waals surface area (Å²) < 4.78 is 5.06. The van der Waals surface area contributed by atoms with Crippen molar-refractivity contribution < 1.29 is 14.3 Å². The molecule has 0 saturated carbocycles. The Hall–Kier alpha value is -1.38. The zero-order chi connectivity index (χ0) is 12.8. The van der Waals surface area contributed by atoms with Crippen molar-refractivity contribution >= 4 is 11.8 Å². The molecular weight excluding hydrogens is 216 g/mol. The molecule has 0 radical (unpaired) electrons. The molecule has 0 spiro atoms. The van der Waals surface area contributed by atoms with Crippen LogP contribution < -0.4 is 0 Å². The van der Waals surface area contributed by atoms with Gasteiger partial charge in [0.1, 0.15) is 0 Å². The van der Waals surface area contributed by atoms with Crippen LogP contribution in [0.2, 0.25) is 0 Å². The maximum absolute atomic E-state index is 12.3. The van der Waals surface area contributed by atoms with Gasteiger partial charge in [-0.1, -0.05) is 32.1 Å². The maximum Gasteiger partial charge on any atom is 0.334 e. The van der Waals surface area contributed by atoms with Gasteiger partial charge in [0.05, 0.1) is 12.0 Å². The normalized spacial score (nSPS) is 33.5. The standard InChI is InChI=1S/C14H18O3/c1-5-17-11(15)9-8-14(4)7-6-10(9)13(2,3)12(14)16/h6-8,10H,5H2,1-4H3/t10-,14-/m1/s1. The van der Waals surface area contributed by atoms with Gasteiger partial charge in [0, 0.05) is 16.9 Å². The molecule has 3 heteroatoms. The number of rotatable bonds is 2. The summed E-state index contributed by atoms with van der Waals surface area (Å²) in [6.07, 6.45) is 5.63. The lowest BCUT2D eigenvalue weighted by Gasteiger charge is -2.46. The molecule has 0 fully saturated rings. The number of esters is 1. The second-order valence-electron chi connectivity index (χ2n) is 5.49. The second kappa shape index (κ2) is 3.56. The number of allylic oxidation sites excluding steroid dienone is 3. The molecule has 0 aliphatic heterocycles. The number of fused-ring (bicyclic) bond motifs is 1. The Morgan fingerprint density at radius 2 is 2.06 bits per heavy atom. The smallest absolute Gasteiger partial charge is 0.334 e. The fourth-order valence-electron chi connectivity index (χ4n) is 2.87. The molecule has 0 amide bonds. The van der Waals surface area contributed by atoms with Crippen LogP contribution in [-0.4, -0.2) is 18.4 Å². The van der Waals surface area contributed by atoms with Gasteiger partial charge in [-0.15, -0.1) is 0 Å². The summed E-state index contributed by atoms with van der Waals surface area (Å²) in [5.74, 6) is -0.282. The van der Waals surface area contributed by atoms with Crippen LogP contribution in [0.3, 0.4) is 0 Å². The van der Waals surface area contributed by atoms with E-state index in [9.17, 15) is 9.59 Å². The Bertz CT molecular complexity index is 442. The minimum Gasteiger partial charge on any atom is -0.463 e. The largest absolute Gasteiger partial charge is 0.463 e. The van der Waals surface area contributed by atoms with Gasteiger partial charge in [-0.05, 0) is 13.8 Å². The zero-order valence-corrected chi connectivity index (χ0v) is 10.7. The summed E-state index contributed by atoms with van der Waals surface area (Å²) in [5, 5.41) is 0. The van der Waals surface area contributed by atoms with E-state index in [2.05, 4.69) is 0 Å². The molecule has 0 unspecified atom stereocenters. The van der Waals surface area contributed by atoms with Crippen molar-refractivity contribution in [2.45, 2.75) is 27.7 Å². The second-order valence-corrected chi connectivity index (χ2v) is 5.49. The summed E-state index contributed by atoms with van der Waals surface area (Å²) in [5.41, 5.74) is -0.554. The molecule has 0 saturated heterocycles. The van der Waals surface area contributed by atoms with Gasteiger partial charge >= 0.3 is 5.97 Å². The number of carbonyl (C=O) groups is 2. The van der Waals surface area contributed by atoms with Crippen LogP contribution in [0, 0.1) is 16.7 Å². The molecule has 17 heavy (non-hydrogen) atoms. The third-order valence-corrected chi connectivity index (χ3v) is 3.79. The summed E-state index contributed by atoms with van der Waals surface area (Å²) >= 11 is 0. The number of ether oxygens (including phenoxy) is 1. The first-order chi connectivity index (χ1) is 7.83. The average molecular weight is 234 g/mol. The topological polar surface area (TPSA) is 43.4 Å². The van der Waals surface area contributed by atoms with Crippen molar-refractivity contribution in [3.63, 3.8) is 0 Å². The van der Waals surface area contributed by atoms with Gasteiger partial charge in [0.2, 0.25) is 0 Å². The van der Waals surface area contributed by atoms with Crippen molar-refractivity contribution in [1.29, 1.82) is 0 Å². The third-order valence-electron chi connectivity index (χ3n) is 3.79. The maximum atomic E-state index is 12.3. The van der Waals surface area contributed by atoms with Crippen LogP contribution >= 0.6 is 0 Å². The lowest BCUT2D eigenvalue weighted by molar-refractivity contribution is -0.142. The Morgan fingerprint density at radius 3 is 2.59 bits per heavy atom. The molecule has 3 rings (SSSR count). The molecule has 0 aromatic rings. The fraction of sp³-hybridized carbons (Fsp3) is 0.571. The summed E-state index contributed by atoms with van der Waals surface area (Å²) in [6, 6.07) is 0. The first-order valence-corrected chi connectivity index (χ1v) is 5.97. The molecule has 0 heterocycles. The van der Waals surface area contributed by atoms with Crippen molar-refractivity contribution in [2.24, 2.45) is 16.7 Å². The van der Waals surface area contributed by atoms with E-state index in [-0.39, 0.29) is 17.7 Å². The highest BCUT2D eigenvalue weighted by Crippen LogP contribution is 2.51. The predicted molar refractivity (Wildman–Crippen MR) is 64.2 cm³/mol. The Morgan fingerprint density at radius 1 is 1.41 bits per heavy atom. The summed E-state index contributed by atoms with van der Waals surface area (Å²) in [6.45, 7) is 7.79. The number of ketones is 1. The molecule has 2 atom stereocenters. The first kappa shape index (κ1) is 12.1. The van der Waals surface area contributed by atoms with E-state index in [0.717, 1.165) is 0 Å². The molecule has 2 bridgehead atoms. The van der Waals surface area contributed by atoms with Crippen LogP contribution in [-0.2, 0) is 14.3 Å². The third kappa shape index (κ3) is 1.56. The van der Waals surface area contributed by atoms with Gasteiger partial charge in [-0.3, -0.25) is 4.79 Å². The van der Waals surface area contributed by atoms with E-state index < -0.39 is 10.8 Å². The molecule has 3 aliphatic carbocycles. The van der Waals surface area contributed by atoms with Gasteiger partial charge in [0.25, 0.3) is 0 Å². The quantitative estimate of drug-likeness (QED) is 0.544. The van der Waals surface area contributed by atoms with E-state index in [1.165, 1.54) is 0 Å². The van der Waals surface area contributed by atoms with E-state index in [1.54, 1.807) is 13.0 Å². The van der Waals surface area contributed by atoms with Crippen LogP contribution in [0.5, 0.6) is 0 Å². The predicted octanol–water partition coefficient (Wildman–Crippen LogP) is 2.28. The van der Waals surface area contributed by atoms with Gasteiger partial charge < -0.3 is 4.74 Å². The number of carbonyl (C=O) groups excluding carboxylic acids is 2. The minimum absolute atomic E-state index is 0.157. The van der Waals surface area contributed by atoms with Crippen LogP contribution in [0.4, 0.5) is 0 Å². The van der Waals surface area contributed by atoms with Crippen molar-refractivity contribution in [3.05, 3.63) is 23.8 Å². The lowest BCUT2D eigenvalue weighted by Crippen LogP contribution is -2.50. The van der Waals surface area contributed by atoms with E-state index in [1.807, 2.05) is 32.9 Å². The van der Waals surface area contributed by atoms with Gasteiger partial charge in [-0.25, -0.2) is 4.79 Å². The zero-order valence-electron chi connectivity index (χ0n) is 10.7. The molecular formula is C14H18O3. The molecule has 92 valence electrons. The monoisotopic (exact) mass is 234 g/mol. The Labute approximate surface area is 102 Å². The van der Waals surface area contributed by atoms with Crippen molar-refractivity contribution in [2.75, 3.05) is 6.61 Å². The van der Waals surface area contributed by atoms with Crippen LogP contribution in [0.1, 0.15) is 27.7 Å². The van der Waals surface area contributed by atoms with E-state index in [0.29, 0.717) is 12.2 Å². The van der Waals surface area contributed by atoms with Gasteiger partial charge in [0.15, 0.2) is 5.78 Å². The SMILES string of the molecule is CCOC(=O)C1=C[C@@]2(C)C=C[C@H]1C(C)(C)C2=O. The number of hydrogen-bond donors (Lipinski definition) is 0. The fourth-order valence-corrected chi connectivity index (χ4v) is 2.87. The lowest BCUT2D eigenvalue weighted by atomic mass is 9.55. The highest BCUT2D eigenvalue weighted by atomic mass is 16.5. The average Bonchev–Trinajstić information content (AvgIpc) is 2.26. The minimum atomic E-state index is -0.652.